The number of nitrogens with zero attached hydrogens (tertiary/aromatic N) is 4. The number of amides is 2. The fraction of sp³-hybridized carbons (Fsp3) is 0.714. The van der Waals surface area contributed by atoms with Crippen molar-refractivity contribution >= 4 is 23.3 Å². The van der Waals surface area contributed by atoms with Crippen LogP contribution in [0.3, 0.4) is 0 Å². The minimum Gasteiger partial charge on any atom is -0.381 e. The second kappa shape index (κ2) is 11.6. The fourth-order valence-corrected chi connectivity index (χ4v) is 7.31. The van der Waals surface area contributed by atoms with Crippen LogP contribution in [0.25, 0.3) is 5.65 Å². The van der Waals surface area contributed by atoms with Crippen molar-refractivity contribution in [1.82, 2.24) is 30.1 Å². The van der Waals surface area contributed by atoms with Crippen LogP contribution in [-0.4, -0.2) is 62.5 Å². The molecule has 2 unspecified atom stereocenters. The molecule has 9 nitrogen and oxygen atoms in total. The first kappa shape index (κ1) is 26.8. The van der Waals surface area contributed by atoms with E-state index in [0.29, 0.717) is 11.8 Å². The zero-order valence-corrected chi connectivity index (χ0v) is 22.6. The van der Waals surface area contributed by atoms with Crippen LogP contribution in [0, 0.1) is 17.7 Å². The Bertz CT molecular complexity index is 1130. The number of hydrogen-bond donors (Lipinski definition) is 3. The molecular formula is C28H42FN7O2. The molecule has 2 aliphatic heterocycles. The molecule has 2 saturated heterocycles. The summed E-state index contributed by atoms with van der Waals surface area (Å²) in [4.78, 5) is 31.9. The first-order valence-corrected chi connectivity index (χ1v) is 14.5. The molecule has 10 heteroatoms. The maximum absolute atomic E-state index is 13.9. The average molecular weight is 528 g/mol. The van der Waals surface area contributed by atoms with Crippen molar-refractivity contribution in [1.29, 1.82) is 0 Å². The number of rotatable bonds is 3. The van der Waals surface area contributed by atoms with E-state index < -0.39 is 5.82 Å². The van der Waals surface area contributed by atoms with Gasteiger partial charge in [-0.25, -0.2) is 13.9 Å². The van der Waals surface area contributed by atoms with Crippen molar-refractivity contribution in [2.75, 3.05) is 25.4 Å². The van der Waals surface area contributed by atoms with Gasteiger partial charge in [-0.05, 0) is 50.5 Å². The van der Waals surface area contributed by atoms with Crippen molar-refractivity contribution in [3.63, 3.8) is 0 Å². The number of halogens is 1. The average Bonchev–Trinajstić information content (AvgIpc) is 3.23. The Morgan fingerprint density at radius 3 is 2.39 bits per heavy atom. The van der Waals surface area contributed by atoms with Crippen LogP contribution < -0.4 is 16.4 Å². The Morgan fingerprint density at radius 1 is 1.08 bits per heavy atom. The highest BCUT2D eigenvalue weighted by Crippen LogP contribution is 2.41. The van der Waals surface area contributed by atoms with Crippen molar-refractivity contribution in [2.24, 2.45) is 11.8 Å². The number of anilines is 1. The van der Waals surface area contributed by atoms with Gasteiger partial charge in [0.25, 0.3) is 5.91 Å². The Labute approximate surface area is 224 Å². The lowest BCUT2D eigenvalue weighted by molar-refractivity contribution is -0.130. The number of hydrogen-bond acceptors (Lipinski definition) is 6. The van der Waals surface area contributed by atoms with Gasteiger partial charge >= 0.3 is 0 Å². The van der Waals surface area contributed by atoms with E-state index in [0.717, 1.165) is 70.8 Å². The lowest BCUT2D eigenvalue weighted by atomic mass is 9.65. The lowest BCUT2D eigenvalue weighted by Gasteiger charge is -2.53. The number of likely N-dealkylation sites (tertiary alicyclic amines) is 1. The van der Waals surface area contributed by atoms with E-state index in [1.807, 2.05) is 4.90 Å². The topological polar surface area (TPSA) is 118 Å². The van der Waals surface area contributed by atoms with Crippen LogP contribution >= 0.6 is 0 Å². The summed E-state index contributed by atoms with van der Waals surface area (Å²) in [7, 11) is 0. The predicted molar refractivity (Wildman–Crippen MR) is 144 cm³/mol. The van der Waals surface area contributed by atoms with Gasteiger partial charge in [0.1, 0.15) is 5.56 Å². The first-order chi connectivity index (χ1) is 18.4. The van der Waals surface area contributed by atoms with Gasteiger partial charge < -0.3 is 21.3 Å². The third-order valence-corrected chi connectivity index (χ3v) is 9.30. The molecule has 2 amide bonds. The zero-order valence-electron chi connectivity index (χ0n) is 22.6. The molecule has 0 aromatic carbocycles. The van der Waals surface area contributed by atoms with Gasteiger partial charge in [-0.2, -0.15) is 0 Å². The molecule has 3 aliphatic rings. The number of nitrogens with two attached hydrogens (primary N) is 1. The molecule has 2 atom stereocenters. The number of aromatic nitrogens is 3. The normalized spacial score (nSPS) is 25.4. The quantitative estimate of drug-likeness (QED) is 0.561. The van der Waals surface area contributed by atoms with Crippen LogP contribution in [0.4, 0.5) is 10.2 Å². The van der Waals surface area contributed by atoms with E-state index in [1.165, 1.54) is 42.8 Å². The van der Waals surface area contributed by atoms with Crippen LogP contribution in [0.15, 0.2) is 12.4 Å². The van der Waals surface area contributed by atoms with Crippen molar-refractivity contribution in [3.8, 4) is 0 Å². The molecule has 0 radical (unpaired) electrons. The maximum atomic E-state index is 13.9. The van der Waals surface area contributed by atoms with Gasteiger partial charge in [-0.3, -0.25) is 9.59 Å². The van der Waals surface area contributed by atoms with Crippen molar-refractivity contribution in [2.45, 2.75) is 95.6 Å². The van der Waals surface area contributed by atoms with Gasteiger partial charge in [0.15, 0.2) is 17.3 Å². The number of carbonyl (C=O) groups excluding carboxylic acids is 2. The molecular weight excluding hydrogens is 485 g/mol. The molecule has 3 fully saturated rings. The standard InChI is InChI=1S/C28H42FN7O2/c1-19(37)35-15-10-20(11-16-35)22-9-14-32-28(12-7-5-3-2-4-6-8-13-28)24(22)33-27(38)23-25(30)34-36-18-21(29)17-31-26(23)36/h17-18,20,22,24,32H,2-16H2,1H3,(H2,30,34)(H,33,38). The van der Waals surface area contributed by atoms with Crippen LogP contribution in [-0.2, 0) is 4.79 Å². The van der Waals surface area contributed by atoms with Gasteiger partial charge in [0, 0.05) is 25.6 Å². The minimum absolute atomic E-state index is 0.0516. The second-order valence-electron chi connectivity index (χ2n) is 11.6. The largest absolute Gasteiger partial charge is 0.381 e. The highest BCUT2D eigenvalue weighted by Gasteiger charge is 2.48. The first-order valence-electron chi connectivity index (χ1n) is 14.5. The smallest absolute Gasteiger partial charge is 0.259 e. The monoisotopic (exact) mass is 527 g/mol. The summed E-state index contributed by atoms with van der Waals surface area (Å²) >= 11 is 0. The Hall–Kier alpha value is -2.75. The summed E-state index contributed by atoms with van der Waals surface area (Å²) < 4.78 is 15.0. The molecule has 4 N–H and O–H groups in total. The molecule has 1 aliphatic carbocycles. The fourth-order valence-electron chi connectivity index (χ4n) is 7.31. The van der Waals surface area contributed by atoms with Crippen LogP contribution in [0.2, 0.25) is 0 Å². The summed E-state index contributed by atoms with van der Waals surface area (Å²) in [5.74, 6) is 0.0730. The van der Waals surface area contributed by atoms with Crippen molar-refractivity contribution < 1.29 is 14.0 Å². The van der Waals surface area contributed by atoms with Gasteiger partial charge in [-0.15, -0.1) is 5.10 Å². The molecule has 5 rings (SSSR count). The summed E-state index contributed by atoms with van der Waals surface area (Å²) in [5, 5.41) is 11.5. The summed E-state index contributed by atoms with van der Waals surface area (Å²) in [5.41, 5.74) is 6.45. The van der Waals surface area contributed by atoms with Gasteiger partial charge in [-0.1, -0.05) is 44.9 Å². The summed E-state index contributed by atoms with van der Waals surface area (Å²) in [6.07, 6.45) is 15.7. The lowest BCUT2D eigenvalue weighted by Crippen LogP contribution is -2.68. The third-order valence-electron chi connectivity index (χ3n) is 9.30. The Kier molecular flexibility index (Phi) is 8.16. The molecule has 2 aromatic rings. The maximum Gasteiger partial charge on any atom is 0.259 e. The SMILES string of the molecule is CC(=O)N1CCC(C2CCNC3(CCCCCCCCC3)C2NC(=O)c2c(N)nn3cc(F)cnc23)CC1. The Morgan fingerprint density at radius 2 is 1.74 bits per heavy atom. The van der Waals surface area contributed by atoms with E-state index in [2.05, 4.69) is 20.7 Å². The van der Waals surface area contributed by atoms with E-state index >= 15 is 0 Å². The summed E-state index contributed by atoms with van der Waals surface area (Å²) in [6.45, 7) is 4.12. The number of nitrogens with one attached hydrogen (secondary N) is 2. The summed E-state index contributed by atoms with van der Waals surface area (Å²) in [6, 6.07) is -0.0770. The van der Waals surface area contributed by atoms with E-state index in [1.54, 1.807) is 6.92 Å². The molecule has 4 heterocycles. The molecule has 1 spiro atoms. The number of fused-ring (bicyclic) bond motifs is 1. The van der Waals surface area contributed by atoms with Gasteiger partial charge in [0.05, 0.1) is 18.4 Å². The molecule has 1 saturated carbocycles. The minimum atomic E-state index is -0.541. The number of nitrogen functional groups attached to an aromatic ring is 1. The van der Waals surface area contributed by atoms with Crippen LogP contribution in [0.1, 0.15) is 94.3 Å². The second-order valence-corrected chi connectivity index (χ2v) is 11.6. The van der Waals surface area contributed by atoms with E-state index in [9.17, 15) is 14.0 Å². The van der Waals surface area contributed by atoms with E-state index in [4.69, 9.17) is 5.73 Å². The highest BCUT2D eigenvalue weighted by atomic mass is 19.1. The molecule has 0 bridgehead atoms. The third kappa shape index (κ3) is 5.51. The predicted octanol–water partition coefficient (Wildman–Crippen LogP) is 3.68. The zero-order chi connectivity index (χ0) is 26.7. The number of piperidine rings is 2. The molecule has 2 aromatic heterocycles. The molecule has 208 valence electrons. The molecule has 38 heavy (non-hydrogen) atoms. The number of carbonyl (C=O) groups is 2. The van der Waals surface area contributed by atoms with E-state index in [-0.39, 0.29) is 40.4 Å². The van der Waals surface area contributed by atoms with Crippen molar-refractivity contribution in [3.05, 3.63) is 23.8 Å². The van der Waals surface area contributed by atoms with Gasteiger partial charge in [0.2, 0.25) is 5.91 Å². The highest BCUT2D eigenvalue weighted by molar-refractivity contribution is 6.04. The van der Waals surface area contributed by atoms with Crippen LogP contribution in [0.5, 0.6) is 0 Å². The Balaban J connectivity index is 1.46.